The average Bonchev–Trinajstić information content (AvgIpc) is 2.73. The van der Waals surface area contributed by atoms with Crippen molar-refractivity contribution < 1.29 is 0 Å². The van der Waals surface area contributed by atoms with Crippen molar-refractivity contribution >= 4 is 11.6 Å². The van der Waals surface area contributed by atoms with Crippen molar-refractivity contribution in [1.29, 1.82) is 0 Å². The van der Waals surface area contributed by atoms with E-state index < -0.39 is 0 Å². The molecule has 0 amide bonds. The standard InChI is InChI=1S/C13H17ClN4/c1-4-6-18-7-5-15-12(18)8-11-9(2)13(14)17-10(3)16-11/h5,7H,4,6,8H2,1-3H3. The van der Waals surface area contributed by atoms with E-state index in [1.807, 2.05) is 26.2 Å². The van der Waals surface area contributed by atoms with E-state index in [-0.39, 0.29) is 0 Å². The summed E-state index contributed by atoms with van der Waals surface area (Å²) in [5, 5.41) is 0.533. The van der Waals surface area contributed by atoms with Gasteiger partial charge in [-0.25, -0.2) is 15.0 Å². The average molecular weight is 265 g/mol. The van der Waals surface area contributed by atoms with Gasteiger partial charge < -0.3 is 4.57 Å². The van der Waals surface area contributed by atoms with Gasteiger partial charge in [0.2, 0.25) is 0 Å². The molecular weight excluding hydrogens is 248 g/mol. The molecule has 96 valence electrons. The minimum absolute atomic E-state index is 0.533. The molecule has 0 N–H and O–H groups in total. The molecule has 2 aromatic heterocycles. The van der Waals surface area contributed by atoms with Crippen LogP contribution < -0.4 is 0 Å². The molecular formula is C13H17ClN4. The maximum Gasteiger partial charge on any atom is 0.135 e. The highest BCUT2D eigenvalue weighted by atomic mass is 35.5. The fourth-order valence-corrected chi connectivity index (χ4v) is 2.15. The fraction of sp³-hybridized carbons (Fsp3) is 0.462. The first kappa shape index (κ1) is 13.0. The molecule has 0 fully saturated rings. The molecule has 0 aliphatic rings. The molecule has 18 heavy (non-hydrogen) atoms. The lowest BCUT2D eigenvalue weighted by molar-refractivity contribution is 0.643. The molecule has 0 aliphatic carbocycles. The highest BCUT2D eigenvalue weighted by Crippen LogP contribution is 2.18. The quantitative estimate of drug-likeness (QED) is 0.798. The smallest absolute Gasteiger partial charge is 0.135 e. The van der Waals surface area contributed by atoms with Crippen LogP contribution in [0, 0.1) is 13.8 Å². The molecule has 0 radical (unpaired) electrons. The molecule has 0 bridgehead atoms. The summed E-state index contributed by atoms with van der Waals surface area (Å²) in [4.78, 5) is 13.0. The van der Waals surface area contributed by atoms with Gasteiger partial charge in [0.25, 0.3) is 0 Å². The van der Waals surface area contributed by atoms with Crippen LogP contribution >= 0.6 is 11.6 Å². The first-order valence-electron chi connectivity index (χ1n) is 6.11. The number of aryl methyl sites for hydroxylation is 2. The number of hydrogen-bond acceptors (Lipinski definition) is 3. The minimum Gasteiger partial charge on any atom is -0.335 e. The molecule has 4 nitrogen and oxygen atoms in total. The second-order valence-corrected chi connectivity index (χ2v) is 4.70. The van der Waals surface area contributed by atoms with Crippen LogP contribution in [0.25, 0.3) is 0 Å². The summed E-state index contributed by atoms with van der Waals surface area (Å²) in [5.74, 6) is 1.73. The summed E-state index contributed by atoms with van der Waals surface area (Å²) < 4.78 is 2.16. The van der Waals surface area contributed by atoms with Gasteiger partial charge in [-0.3, -0.25) is 0 Å². The zero-order chi connectivity index (χ0) is 13.1. The van der Waals surface area contributed by atoms with Crippen molar-refractivity contribution in [2.45, 2.75) is 40.2 Å². The molecule has 2 heterocycles. The van der Waals surface area contributed by atoms with Crippen molar-refractivity contribution in [3.8, 4) is 0 Å². The van der Waals surface area contributed by atoms with Crippen molar-refractivity contribution in [3.63, 3.8) is 0 Å². The molecule has 0 spiro atoms. The van der Waals surface area contributed by atoms with Gasteiger partial charge in [-0.15, -0.1) is 0 Å². The van der Waals surface area contributed by atoms with Crippen LogP contribution in [0.15, 0.2) is 12.4 Å². The second kappa shape index (κ2) is 5.48. The molecule has 0 aromatic carbocycles. The van der Waals surface area contributed by atoms with E-state index in [9.17, 15) is 0 Å². The van der Waals surface area contributed by atoms with Gasteiger partial charge in [-0.1, -0.05) is 18.5 Å². The van der Waals surface area contributed by atoms with Crippen LogP contribution in [0.5, 0.6) is 0 Å². The highest BCUT2D eigenvalue weighted by molar-refractivity contribution is 6.30. The number of aromatic nitrogens is 4. The van der Waals surface area contributed by atoms with Gasteiger partial charge in [0.1, 0.15) is 16.8 Å². The van der Waals surface area contributed by atoms with Crippen molar-refractivity contribution in [2.75, 3.05) is 0 Å². The predicted molar refractivity (Wildman–Crippen MR) is 71.8 cm³/mol. The first-order valence-corrected chi connectivity index (χ1v) is 6.49. The second-order valence-electron chi connectivity index (χ2n) is 4.35. The Bertz CT molecular complexity index is 548. The Hall–Kier alpha value is -1.42. The van der Waals surface area contributed by atoms with Gasteiger partial charge in [0.15, 0.2) is 0 Å². The van der Waals surface area contributed by atoms with E-state index in [2.05, 4.69) is 26.4 Å². The lowest BCUT2D eigenvalue weighted by Crippen LogP contribution is -2.07. The zero-order valence-corrected chi connectivity index (χ0v) is 11.7. The molecule has 0 unspecified atom stereocenters. The fourth-order valence-electron chi connectivity index (χ4n) is 1.92. The van der Waals surface area contributed by atoms with Gasteiger partial charge in [-0.2, -0.15) is 0 Å². The SMILES string of the molecule is CCCn1ccnc1Cc1nc(C)nc(Cl)c1C. The normalized spacial score (nSPS) is 10.9. The Morgan fingerprint density at radius 1 is 1.28 bits per heavy atom. The van der Waals surface area contributed by atoms with Crippen LogP contribution in [-0.2, 0) is 13.0 Å². The van der Waals surface area contributed by atoms with E-state index in [1.54, 1.807) is 0 Å². The van der Waals surface area contributed by atoms with E-state index in [1.165, 1.54) is 0 Å². The molecule has 0 aliphatic heterocycles. The summed E-state index contributed by atoms with van der Waals surface area (Å²) in [6.07, 6.45) is 5.62. The van der Waals surface area contributed by atoms with Gasteiger partial charge in [-0.05, 0) is 20.3 Å². The maximum absolute atomic E-state index is 6.08. The number of imidazole rings is 1. The summed E-state index contributed by atoms with van der Waals surface area (Å²) >= 11 is 6.08. The molecule has 0 saturated carbocycles. The van der Waals surface area contributed by atoms with Gasteiger partial charge in [0.05, 0.1) is 5.69 Å². The van der Waals surface area contributed by atoms with Gasteiger partial charge >= 0.3 is 0 Å². The number of hydrogen-bond donors (Lipinski definition) is 0. The number of nitrogens with zero attached hydrogens (tertiary/aromatic N) is 4. The Labute approximate surface area is 112 Å². The number of halogens is 1. The third kappa shape index (κ3) is 2.70. The van der Waals surface area contributed by atoms with Crippen molar-refractivity contribution in [1.82, 2.24) is 19.5 Å². The summed E-state index contributed by atoms with van der Waals surface area (Å²) in [6, 6.07) is 0. The third-order valence-corrected chi connectivity index (χ3v) is 3.26. The van der Waals surface area contributed by atoms with Crippen LogP contribution in [-0.4, -0.2) is 19.5 Å². The van der Waals surface area contributed by atoms with E-state index in [0.717, 1.165) is 30.0 Å². The van der Waals surface area contributed by atoms with Crippen molar-refractivity contribution in [2.24, 2.45) is 0 Å². The lowest BCUT2D eigenvalue weighted by Gasteiger charge is -2.09. The Kier molecular flexibility index (Phi) is 3.97. The molecule has 2 rings (SSSR count). The van der Waals surface area contributed by atoms with Crippen molar-refractivity contribution in [3.05, 3.63) is 40.5 Å². The third-order valence-electron chi connectivity index (χ3n) is 2.89. The van der Waals surface area contributed by atoms with Crippen LogP contribution in [0.1, 0.15) is 36.3 Å². The lowest BCUT2D eigenvalue weighted by atomic mass is 10.2. The van der Waals surface area contributed by atoms with Crippen LogP contribution in [0.4, 0.5) is 0 Å². The Morgan fingerprint density at radius 2 is 2.06 bits per heavy atom. The Morgan fingerprint density at radius 3 is 2.78 bits per heavy atom. The van der Waals surface area contributed by atoms with E-state index >= 15 is 0 Å². The first-order chi connectivity index (χ1) is 8.61. The largest absolute Gasteiger partial charge is 0.335 e. The molecule has 0 atom stereocenters. The predicted octanol–water partition coefficient (Wildman–Crippen LogP) is 2.94. The summed E-state index contributed by atoms with van der Waals surface area (Å²) in [5.41, 5.74) is 1.89. The minimum atomic E-state index is 0.533. The Balaban J connectivity index is 2.31. The summed E-state index contributed by atoms with van der Waals surface area (Å²) in [7, 11) is 0. The topological polar surface area (TPSA) is 43.6 Å². The van der Waals surface area contributed by atoms with Crippen LogP contribution in [0.2, 0.25) is 5.15 Å². The summed E-state index contributed by atoms with van der Waals surface area (Å²) in [6.45, 7) is 6.93. The molecule has 2 aromatic rings. The molecule has 5 heteroatoms. The maximum atomic E-state index is 6.08. The monoisotopic (exact) mass is 264 g/mol. The van der Waals surface area contributed by atoms with E-state index in [4.69, 9.17) is 11.6 Å². The van der Waals surface area contributed by atoms with Gasteiger partial charge in [0, 0.05) is 30.9 Å². The van der Waals surface area contributed by atoms with E-state index in [0.29, 0.717) is 17.4 Å². The van der Waals surface area contributed by atoms with Crippen LogP contribution in [0.3, 0.4) is 0 Å². The highest BCUT2D eigenvalue weighted by Gasteiger charge is 2.11. The zero-order valence-electron chi connectivity index (χ0n) is 10.9. The molecule has 0 saturated heterocycles. The number of rotatable bonds is 4.